The van der Waals surface area contributed by atoms with Crippen LogP contribution in [0.2, 0.25) is 0 Å². The van der Waals surface area contributed by atoms with Gasteiger partial charge in [-0.05, 0) is 74.8 Å². The van der Waals surface area contributed by atoms with Gasteiger partial charge in [0, 0.05) is 36.2 Å². The molecular formula is C40H59N3O4S. The van der Waals surface area contributed by atoms with E-state index in [2.05, 4.69) is 35.0 Å². The van der Waals surface area contributed by atoms with Crippen LogP contribution in [0, 0.1) is 5.41 Å². The van der Waals surface area contributed by atoms with Crippen molar-refractivity contribution in [3.8, 4) is 5.75 Å². The highest BCUT2D eigenvalue weighted by Crippen LogP contribution is 2.33. The van der Waals surface area contributed by atoms with Gasteiger partial charge >= 0.3 is 5.97 Å². The van der Waals surface area contributed by atoms with Crippen LogP contribution in [-0.4, -0.2) is 65.5 Å². The number of ether oxygens (including phenoxy) is 2. The lowest BCUT2D eigenvalue weighted by atomic mass is 9.87. The molecule has 8 heteroatoms. The van der Waals surface area contributed by atoms with E-state index in [0.29, 0.717) is 18.4 Å². The van der Waals surface area contributed by atoms with Crippen LogP contribution < -0.4 is 10.3 Å². The summed E-state index contributed by atoms with van der Waals surface area (Å²) in [6, 6.07) is 9.12. The van der Waals surface area contributed by atoms with Gasteiger partial charge in [-0.25, -0.2) is 0 Å². The number of esters is 1. The first kappa shape index (κ1) is 38.0. The maximum Gasteiger partial charge on any atom is 0.312 e. The van der Waals surface area contributed by atoms with Crippen molar-refractivity contribution >= 4 is 34.3 Å². The number of H-pyrrole nitrogens is 1. The lowest BCUT2D eigenvalue weighted by Crippen LogP contribution is -2.35. The number of nitrogens with one attached hydrogen (secondary N) is 1. The number of hydrogen-bond donors (Lipinski definition) is 1. The van der Waals surface area contributed by atoms with Crippen molar-refractivity contribution in [2.24, 2.45) is 10.4 Å². The summed E-state index contributed by atoms with van der Waals surface area (Å²) in [7, 11) is 0. The summed E-state index contributed by atoms with van der Waals surface area (Å²) in [5.74, 6) is 1.70. The minimum absolute atomic E-state index is 0.112. The molecule has 0 bridgehead atoms. The summed E-state index contributed by atoms with van der Waals surface area (Å²) in [6.07, 6.45) is 23.3. The number of thioether (sulfide) groups is 1. The van der Waals surface area contributed by atoms with Gasteiger partial charge in [-0.1, -0.05) is 83.3 Å². The van der Waals surface area contributed by atoms with Gasteiger partial charge in [0.25, 0.3) is 0 Å². The van der Waals surface area contributed by atoms with Crippen LogP contribution in [0.25, 0.3) is 10.9 Å². The Morgan fingerprint density at radius 1 is 0.979 bits per heavy atom. The monoisotopic (exact) mass is 677 g/mol. The number of rotatable bonds is 23. The quantitative estimate of drug-likeness (QED) is 0.0717. The van der Waals surface area contributed by atoms with Crippen molar-refractivity contribution in [2.45, 2.75) is 116 Å². The second-order valence-electron chi connectivity index (χ2n) is 14.0. The Bertz CT molecular complexity index is 1430. The fourth-order valence-electron chi connectivity index (χ4n) is 6.38. The topological polar surface area (TPSA) is 84.0 Å². The fraction of sp³-hybridized carbons (Fsp3) is 0.625. The molecule has 0 radical (unpaired) electrons. The van der Waals surface area contributed by atoms with Crippen molar-refractivity contribution in [2.75, 3.05) is 38.7 Å². The first-order valence-corrected chi connectivity index (χ1v) is 19.6. The summed E-state index contributed by atoms with van der Waals surface area (Å²) in [6.45, 7) is 9.36. The Hall–Kier alpha value is -2.84. The molecule has 0 fully saturated rings. The number of carbonyl (C=O) groups is 1. The predicted octanol–water partition coefficient (Wildman–Crippen LogP) is 9.27. The van der Waals surface area contributed by atoms with Gasteiger partial charge in [-0.15, -0.1) is 11.8 Å². The molecule has 2 heterocycles. The summed E-state index contributed by atoms with van der Waals surface area (Å²) >= 11 is 1.99. The number of aromatic nitrogens is 1. The molecule has 7 nitrogen and oxygen atoms in total. The Kier molecular flexibility index (Phi) is 16.3. The minimum atomic E-state index is -0.488. The van der Waals surface area contributed by atoms with E-state index < -0.39 is 5.41 Å². The average Bonchev–Trinajstić information content (AvgIpc) is 3.57. The number of pyridine rings is 1. The van der Waals surface area contributed by atoms with Crippen molar-refractivity contribution in [3.63, 3.8) is 0 Å². The molecule has 1 N–H and O–H groups in total. The Labute approximate surface area is 293 Å². The molecule has 1 unspecified atom stereocenters. The lowest BCUT2D eigenvalue weighted by Gasteiger charge is -2.26. The highest BCUT2D eigenvalue weighted by molar-refractivity contribution is 8.00. The van der Waals surface area contributed by atoms with Gasteiger partial charge in [-0.2, -0.15) is 0 Å². The third-order valence-corrected chi connectivity index (χ3v) is 10.7. The highest BCUT2D eigenvalue weighted by atomic mass is 32.2. The number of nitrogens with zero attached hydrogens (tertiary/aromatic N) is 2. The SMILES string of the molecule is CCCCCCCCCCCCC(C)(C)C(=O)OCN(CCCCOc1ccc2ccc(=O)[nH]c2c1)CCN=C1C=CCC2SCC=C12. The van der Waals surface area contributed by atoms with E-state index in [9.17, 15) is 9.59 Å². The zero-order valence-corrected chi connectivity index (χ0v) is 30.6. The second kappa shape index (κ2) is 20.6. The van der Waals surface area contributed by atoms with Crippen LogP contribution in [0.3, 0.4) is 0 Å². The molecule has 0 spiro atoms. The molecule has 0 saturated heterocycles. The van der Waals surface area contributed by atoms with Crippen LogP contribution in [0.4, 0.5) is 0 Å². The average molecular weight is 678 g/mol. The van der Waals surface area contributed by atoms with Crippen molar-refractivity contribution in [1.82, 2.24) is 9.88 Å². The van der Waals surface area contributed by atoms with Crippen molar-refractivity contribution in [3.05, 3.63) is 64.5 Å². The third-order valence-electron chi connectivity index (χ3n) is 9.49. The molecule has 4 rings (SSSR count). The number of allylic oxidation sites excluding steroid dienone is 2. The van der Waals surface area contributed by atoms with E-state index in [4.69, 9.17) is 14.5 Å². The molecule has 1 aliphatic heterocycles. The second-order valence-corrected chi connectivity index (χ2v) is 15.2. The van der Waals surface area contributed by atoms with Crippen molar-refractivity contribution < 1.29 is 14.3 Å². The Morgan fingerprint density at radius 2 is 1.73 bits per heavy atom. The van der Waals surface area contributed by atoms with Gasteiger partial charge in [-0.3, -0.25) is 19.5 Å². The standard InChI is InChI=1S/C40H59N3O4S/c1-4-5-6-7-8-9-10-11-12-13-24-40(2,3)39(45)47-31-43(27-25-41-35-17-16-18-37-34(35)23-29-48-37)26-14-15-28-46-33-21-19-32-20-22-38(44)42-36(32)30-33/h16-17,19-23,30,37H,4-15,18,24-29,31H2,1-3H3,(H,42,44). The largest absolute Gasteiger partial charge is 0.494 e. The molecule has 48 heavy (non-hydrogen) atoms. The van der Waals surface area contributed by atoms with E-state index >= 15 is 0 Å². The number of fused-ring (bicyclic) bond motifs is 2. The Balaban J connectivity index is 1.21. The van der Waals surface area contributed by atoms with Gasteiger partial charge < -0.3 is 14.5 Å². The summed E-state index contributed by atoms with van der Waals surface area (Å²) < 4.78 is 12.0. The number of carbonyl (C=O) groups excluding carboxylic acids is 1. The summed E-state index contributed by atoms with van der Waals surface area (Å²) in [5.41, 5.74) is 2.65. The maximum absolute atomic E-state index is 13.2. The molecule has 2 aromatic rings. The first-order valence-electron chi connectivity index (χ1n) is 18.5. The maximum atomic E-state index is 13.2. The van der Waals surface area contributed by atoms with Crippen LogP contribution >= 0.6 is 11.8 Å². The van der Waals surface area contributed by atoms with Gasteiger partial charge in [0.1, 0.15) is 12.5 Å². The molecule has 1 atom stereocenters. The van der Waals surface area contributed by atoms with Crippen LogP contribution in [0.15, 0.2) is 63.9 Å². The number of aliphatic imine (C=N–C) groups is 1. The van der Waals surface area contributed by atoms with Crippen LogP contribution in [0.1, 0.15) is 111 Å². The zero-order valence-electron chi connectivity index (χ0n) is 29.8. The lowest BCUT2D eigenvalue weighted by molar-refractivity contribution is -0.159. The zero-order chi connectivity index (χ0) is 34.0. The van der Waals surface area contributed by atoms with E-state index in [1.807, 2.05) is 49.9 Å². The summed E-state index contributed by atoms with van der Waals surface area (Å²) in [4.78, 5) is 34.9. The number of hydrogen-bond acceptors (Lipinski definition) is 7. The smallest absolute Gasteiger partial charge is 0.312 e. The molecule has 1 aliphatic carbocycles. The number of benzene rings is 1. The van der Waals surface area contributed by atoms with E-state index in [0.717, 1.165) is 73.3 Å². The minimum Gasteiger partial charge on any atom is -0.494 e. The third kappa shape index (κ3) is 12.9. The number of aromatic amines is 1. The summed E-state index contributed by atoms with van der Waals surface area (Å²) in [5, 5.41) is 1.52. The van der Waals surface area contributed by atoms with E-state index in [1.54, 1.807) is 0 Å². The van der Waals surface area contributed by atoms with Gasteiger partial charge in [0.15, 0.2) is 0 Å². The predicted molar refractivity (Wildman–Crippen MR) is 202 cm³/mol. The van der Waals surface area contributed by atoms with Gasteiger partial charge in [0.2, 0.25) is 5.56 Å². The fourth-order valence-corrected chi connectivity index (χ4v) is 7.54. The van der Waals surface area contributed by atoms with Crippen LogP contribution in [-0.2, 0) is 9.53 Å². The molecule has 2 aliphatic rings. The molecule has 264 valence electrons. The first-order chi connectivity index (χ1) is 23.4. The normalized spacial score (nSPS) is 16.9. The molecule has 0 amide bonds. The number of unbranched alkanes of at least 4 members (excludes halogenated alkanes) is 10. The molecule has 1 aromatic heterocycles. The molecule has 1 aromatic carbocycles. The molecule has 0 saturated carbocycles. The Morgan fingerprint density at radius 3 is 2.52 bits per heavy atom. The van der Waals surface area contributed by atoms with Crippen LogP contribution in [0.5, 0.6) is 5.75 Å². The van der Waals surface area contributed by atoms with Gasteiger partial charge in [0.05, 0.1) is 29.8 Å². The van der Waals surface area contributed by atoms with E-state index in [1.165, 1.54) is 69.4 Å². The molecular weight excluding hydrogens is 619 g/mol. The van der Waals surface area contributed by atoms with Crippen molar-refractivity contribution in [1.29, 1.82) is 0 Å². The van der Waals surface area contributed by atoms with E-state index in [-0.39, 0.29) is 18.3 Å². The highest BCUT2D eigenvalue weighted by Gasteiger charge is 2.29.